The molecule has 1 heterocycles. The van der Waals surface area contributed by atoms with Gasteiger partial charge in [0.25, 0.3) is 0 Å². The molecule has 0 aromatic heterocycles. The topological polar surface area (TPSA) is 37.4 Å². The highest BCUT2D eigenvalue weighted by Gasteiger charge is 2.27. The van der Waals surface area contributed by atoms with Crippen LogP contribution >= 0.6 is 12.4 Å². The van der Waals surface area contributed by atoms with Gasteiger partial charge in [-0.2, -0.15) is 0 Å². The van der Waals surface area contributed by atoms with Gasteiger partial charge in [-0.3, -0.25) is 14.5 Å². The van der Waals surface area contributed by atoms with Crippen LogP contribution in [0.4, 0.5) is 0 Å². The Hall–Kier alpha value is -0.570. The van der Waals surface area contributed by atoms with Crippen molar-refractivity contribution >= 4 is 24.2 Å². The van der Waals surface area contributed by atoms with E-state index in [4.69, 9.17) is 0 Å². The van der Waals surface area contributed by atoms with Crippen LogP contribution in [0.25, 0.3) is 0 Å². The highest BCUT2D eigenvalue weighted by atomic mass is 35.5. The van der Waals surface area contributed by atoms with Gasteiger partial charge in [0.05, 0.1) is 0 Å². The fraction of sp³-hybridized carbons (Fsp3) is 0.750. The molecule has 0 atom stereocenters. The molecule has 0 radical (unpaired) electrons. The molecule has 0 unspecified atom stereocenters. The van der Waals surface area contributed by atoms with Crippen LogP contribution in [-0.4, -0.2) is 23.3 Å². The molecular weight excluding hydrogens is 178 g/mol. The number of imide groups is 1. The fourth-order valence-corrected chi connectivity index (χ4v) is 1.19. The number of hydrogen-bond donors (Lipinski definition) is 0. The second-order valence-electron chi connectivity index (χ2n) is 2.79. The smallest absolute Gasteiger partial charge is 0.229 e. The zero-order chi connectivity index (χ0) is 8.27. The first kappa shape index (κ1) is 11.4. The molecule has 70 valence electrons. The zero-order valence-corrected chi connectivity index (χ0v) is 8.02. The Morgan fingerprint density at radius 3 is 2.17 bits per heavy atom. The molecule has 3 nitrogen and oxygen atoms in total. The second kappa shape index (κ2) is 5.14. The number of unbranched alkanes of at least 4 members (excludes halogenated alkanes) is 1. The van der Waals surface area contributed by atoms with E-state index in [-0.39, 0.29) is 24.2 Å². The van der Waals surface area contributed by atoms with Crippen LogP contribution in [0.2, 0.25) is 0 Å². The summed E-state index contributed by atoms with van der Waals surface area (Å²) in [5.41, 5.74) is 0. The molecule has 0 aliphatic carbocycles. The first-order chi connectivity index (χ1) is 5.25. The average Bonchev–Trinajstić information content (AvgIpc) is 2.29. The van der Waals surface area contributed by atoms with Crippen molar-refractivity contribution in [2.24, 2.45) is 0 Å². The van der Waals surface area contributed by atoms with Crippen molar-refractivity contribution in [3.05, 3.63) is 0 Å². The molecule has 1 saturated heterocycles. The zero-order valence-electron chi connectivity index (χ0n) is 7.21. The standard InChI is InChI=1S/C8H13NO2.ClH/c1-2-3-6-9-7(10)4-5-8(9)11;/h2-6H2,1H3;1H. The molecule has 1 aliphatic heterocycles. The minimum Gasteiger partial charge on any atom is -0.283 e. The van der Waals surface area contributed by atoms with Crippen molar-refractivity contribution in [1.82, 2.24) is 4.90 Å². The SMILES string of the molecule is CCCCN1C(=O)CCC1=O.Cl. The molecular formula is C8H14ClNO2. The number of rotatable bonds is 3. The van der Waals surface area contributed by atoms with E-state index in [9.17, 15) is 9.59 Å². The molecule has 1 rings (SSSR count). The van der Waals surface area contributed by atoms with Gasteiger partial charge in [0, 0.05) is 19.4 Å². The van der Waals surface area contributed by atoms with Gasteiger partial charge in [-0.25, -0.2) is 0 Å². The Balaban J connectivity index is 0.00000121. The summed E-state index contributed by atoms with van der Waals surface area (Å²) in [4.78, 5) is 23.4. The van der Waals surface area contributed by atoms with Crippen LogP contribution in [0.15, 0.2) is 0 Å². The minimum absolute atomic E-state index is 0. The molecule has 0 aromatic rings. The summed E-state index contributed by atoms with van der Waals surface area (Å²) in [6.45, 7) is 2.67. The third kappa shape index (κ3) is 2.48. The van der Waals surface area contributed by atoms with E-state index in [0.717, 1.165) is 12.8 Å². The first-order valence-corrected chi connectivity index (χ1v) is 4.09. The lowest BCUT2D eigenvalue weighted by atomic mass is 10.3. The normalized spacial score (nSPS) is 16.6. The van der Waals surface area contributed by atoms with Gasteiger partial charge in [-0.1, -0.05) is 13.3 Å². The summed E-state index contributed by atoms with van der Waals surface area (Å²) in [5.74, 6) is 0.00639. The third-order valence-corrected chi connectivity index (χ3v) is 1.89. The maximum Gasteiger partial charge on any atom is 0.229 e. The molecule has 4 heteroatoms. The van der Waals surface area contributed by atoms with Crippen LogP contribution in [0.1, 0.15) is 32.6 Å². The number of hydrogen-bond acceptors (Lipinski definition) is 2. The molecule has 0 spiro atoms. The Bertz CT molecular complexity index is 166. The summed E-state index contributed by atoms with van der Waals surface area (Å²) in [6, 6.07) is 0. The van der Waals surface area contributed by atoms with Gasteiger partial charge in [-0.15, -0.1) is 12.4 Å². The van der Waals surface area contributed by atoms with Crippen molar-refractivity contribution < 1.29 is 9.59 Å². The molecule has 0 N–H and O–H groups in total. The van der Waals surface area contributed by atoms with E-state index in [1.54, 1.807) is 0 Å². The highest BCUT2D eigenvalue weighted by Crippen LogP contribution is 2.11. The third-order valence-electron chi connectivity index (χ3n) is 1.89. The van der Waals surface area contributed by atoms with Crippen LogP contribution in [-0.2, 0) is 9.59 Å². The second-order valence-corrected chi connectivity index (χ2v) is 2.79. The number of halogens is 1. The molecule has 1 fully saturated rings. The van der Waals surface area contributed by atoms with Crippen molar-refractivity contribution in [3.63, 3.8) is 0 Å². The van der Waals surface area contributed by atoms with Crippen LogP contribution in [0.5, 0.6) is 0 Å². The molecule has 1 aliphatic rings. The maximum atomic E-state index is 11.0. The van der Waals surface area contributed by atoms with E-state index in [1.807, 2.05) is 6.92 Å². The van der Waals surface area contributed by atoms with E-state index >= 15 is 0 Å². The highest BCUT2D eigenvalue weighted by molar-refractivity contribution is 6.01. The number of likely N-dealkylation sites (tertiary alicyclic amines) is 1. The van der Waals surface area contributed by atoms with Crippen LogP contribution in [0.3, 0.4) is 0 Å². The molecule has 0 saturated carbocycles. The van der Waals surface area contributed by atoms with Gasteiger partial charge in [-0.05, 0) is 6.42 Å². The lowest BCUT2D eigenvalue weighted by Crippen LogP contribution is -2.29. The summed E-state index contributed by atoms with van der Waals surface area (Å²) in [7, 11) is 0. The molecule has 0 aromatic carbocycles. The Labute approximate surface area is 78.5 Å². The Morgan fingerprint density at radius 1 is 1.25 bits per heavy atom. The van der Waals surface area contributed by atoms with Crippen molar-refractivity contribution in [2.45, 2.75) is 32.6 Å². The van der Waals surface area contributed by atoms with Crippen molar-refractivity contribution in [3.8, 4) is 0 Å². The number of carbonyl (C=O) groups is 2. The molecule has 0 bridgehead atoms. The van der Waals surface area contributed by atoms with E-state index < -0.39 is 0 Å². The summed E-state index contributed by atoms with van der Waals surface area (Å²) < 4.78 is 0. The summed E-state index contributed by atoms with van der Waals surface area (Å²) >= 11 is 0. The summed E-state index contributed by atoms with van der Waals surface area (Å²) in [5, 5.41) is 0. The minimum atomic E-state index is 0. The number of carbonyl (C=O) groups excluding carboxylic acids is 2. The molecule has 2 amide bonds. The van der Waals surface area contributed by atoms with Crippen LogP contribution in [0, 0.1) is 0 Å². The Kier molecular flexibility index (Phi) is 4.90. The fourth-order valence-electron chi connectivity index (χ4n) is 1.19. The van der Waals surface area contributed by atoms with E-state index in [0.29, 0.717) is 19.4 Å². The average molecular weight is 192 g/mol. The molecule has 12 heavy (non-hydrogen) atoms. The van der Waals surface area contributed by atoms with E-state index in [2.05, 4.69) is 0 Å². The Morgan fingerprint density at radius 2 is 1.75 bits per heavy atom. The van der Waals surface area contributed by atoms with Gasteiger partial charge < -0.3 is 0 Å². The quantitative estimate of drug-likeness (QED) is 0.632. The number of amides is 2. The van der Waals surface area contributed by atoms with Gasteiger partial charge in [0.2, 0.25) is 11.8 Å². The predicted molar refractivity (Wildman–Crippen MR) is 48.1 cm³/mol. The van der Waals surface area contributed by atoms with Crippen molar-refractivity contribution in [1.29, 1.82) is 0 Å². The maximum absolute atomic E-state index is 11.0. The largest absolute Gasteiger partial charge is 0.283 e. The lowest BCUT2D eigenvalue weighted by Gasteiger charge is -2.11. The summed E-state index contributed by atoms with van der Waals surface area (Å²) in [6.07, 6.45) is 2.79. The van der Waals surface area contributed by atoms with E-state index in [1.165, 1.54) is 4.90 Å². The monoisotopic (exact) mass is 191 g/mol. The van der Waals surface area contributed by atoms with Gasteiger partial charge in [0.15, 0.2) is 0 Å². The predicted octanol–water partition coefficient (Wildman–Crippen LogP) is 1.36. The van der Waals surface area contributed by atoms with Gasteiger partial charge >= 0.3 is 0 Å². The van der Waals surface area contributed by atoms with Crippen molar-refractivity contribution in [2.75, 3.05) is 6.54 Å². The van der Waals surface area contributed by atoms with Gasteiger partial charge in [0.1, 0.15) is 0 Å². The number of nitrogens with zero attached hydrogens (tertiary/aromatic N) is 1. The van der Waals surface area contributed by atoms with Crippen LogP contribution < -0.4 is 0 Å². The lowest BCUT2D eigenvalue weighted by molar-refractivity contribution is -0.138. The first-order valence-electron chi connectivity index (χ1n) is 4.09.